The summed E-state index contributed by atoms with van der Waals surface area (Å²) in [5, 5.41) is 52.4. The van der Waals surface area contributed by atoms with Crippen molar-refractivity contribution in [2.24, 2.45) is 22.9 Å². The molecule has 0 bridgehead atoms. The van der Waals surface area contributed by atoms with Crippen molar-refractivity contribution in [1.82, 2.24) is 42.5 Å². The number of nitrogens with one attached hydrogen (secondary N) is 8. The number of hydrogen-bond acceptors (Lipinski definition) is 16. The second-order valence-electron chi connectivity index (χ2n) is 19.4. The molecule has 24 nitrogen and oxygen atoms in total. The maximum atomic E-state index is 14.8. The number of benzene rings is 3. The molecule has 1 heterocycles. The van der Waals surface area contributed by atoms with Crippen LogP contribution in [-0.2, 0) is 64.2 Å². The molecule has 1 aliphatic rings. The van der Waals surface area contributed by atoms with Gasteiger partial charge in [0.1, 0.15) is 53.8 Å². The third-order valence-electron chi connectivity index (χ3n) is 12.7. The summed E-state index contributed by atoms with van der Waals surface area (Å²) in [5.41, 5.74) is 25.9. The number of aromatic hydroxyl groups is 1. The summed E-state index contributed by atoms with van der Waals surface area (Å²) in [6.45, 7) is 6.58. The van der Waals surface area contributed by atoms with E-state index in [1.807, 2.05) is 0 Å². The van der Waals surface area contributed by atoms with E-state index in [2.05, 4.69) is 49.1 Å². The van der Waals surface area contributed by atoms with E-state index in [0.29, 0.717) is 39.3 Å². The molecule has 19 N–H and O–H groups in total. The van der Waals surface area contributed by atoms with Crippen molar-refractivity contribution in [2.45, 2.75) is 120 Å². The van der Waals surface area contributed by atoms with Crippen LogP contribution in [0.2, 0.25) is 5.02 Å². The Morgan fingerprint density at radius 3 is 1.88 bits per heavy atom. The molecular weight excluding hydrogens is 1120 g/mol. The number of amides is 10. The Labute approximate surface area is 488 Å². The maximum Gasteiger partial charge on any atom is 0.312 e. The van der Waals surface area contributed by atoms with Crippen molar-refractivity contribution < 1.29 is 58.5 Å². The van der Waals surface area contributed by atoms with Gasteiger partial charge in [-0.25, -0.2) is 4.79 Å². The predicted molar refractivity (Wildman–Crippen MR) is 313 cm³/mol. The molecule has 82 heavy (non-hydrogen) atoms. The van der Waals surface area contributed by atoms with E-state index in [1.54, 1.807) is 55.5 Å². The Bertz CT molecular complexity index is 2770. The number of allylic oxidation sites excluding steroid dienone is 3. The van der Waals surface area contributed by atoms with Gasteiger partial charge in [-0.1, -0.05) is 99.9 Å². The van der Waals surface area contributed by atoms with E-state index in [1.165, 1.54) is 49.4 Å². The molecule has 0 aliphatic carbocycles. The minimum atomic E-state index is -1.76. The number of primary amides is 2. The summed E-state index contributed by atoms with van der Waals surface area (Å²) in [4.78, 5) is 125. The van der Waals surface area contributed by atoms with Crippen LogP contribution in [0.5, 0.6) is 5.75 Å². The van der Waals surface area contributed by atoms with Crippen molar-refractivity contribution in [3.63, 3.8) is 0 Å². The van der Waals surface area contributed by atoms with Crippen LogP contribution in [-0.4, -0.2) is 141 Å². The second-order valence-corrected chi connectivity index (χ2v) is 22.4. The Morgan fingerprint density at radius 1 is 0.756 bits per heavy atom. The molecule has 1 saturated heterocycles. The van der Waals surface area contributed by atoms with Crippen LogP contribution in [0.3, 0.4) is 0 Å². The number of aliphatic hydroxyl groups excluding tert-OH is 2. The molecule has 444 valence electrons. The van der Waals surface area contributed by atoms with E-state index in [9.17, 15) is 58.5 Å². The van der Waals surface area contributed by atoms with Crippen LogP contribution in [0, 0.1) is 0 Å². The normalized spacial score (nSPS) is 21.1. The summed E-state index contributed by atoms with van der Waals surface area (Å²) < 4.78 is 0. The topological polar surface area (TPSA) is 415 Å². The van der Waals surface area contributed by atoms with Gasteiger partial charge in [0.25, 0.3) is 0 Å². The first kappa shape index (κ1) is 66.9. The largest absolute Gasteiger partial charge is 0.508 e. The molecule has 3 aromatic carbocycles. The highest BCUT2D eigenvalue weighted by atomic mass is 35.5. The minimum Gasteiger partial charge on any atom is -0.508 e. The Morgan fingerprint density at radius 2 is 1.30 bits per heavy atom. The third-order valence-corrected chi connectivity index (χ3v) is 15.3. The smallest absolute Gasteiger partial charge is 0.312 e. The van der Waals surface area contributed by atoms with Gasteiger partial charge < -0.3 is 80.8 Å². The number of halogens is 1. The van der Waals surface area contributed by atoms with Gasteiger partial charge in [0, 0.05) is 35.9 Å². The first-order valence-corrected chi connectivity index (χ1v) is 29.0. The first-order chi connectivity index (χ1) is 39.0. The van der Waals surface area contributed by atoms with Crippen molar-refractivity contribution in [3.8, 4) is 5.75 Å². The SMILES string of the molecule is C=C/C(O)=C\C=C(/C)C[C@@H](NC(=O)[C@@H]1CSSC[C@@H](NC(=O)[C@@H](N)Cc2ccc(Cl)cc2)C(=O)N[C@@H](Cc2ccc(O)cc2)C(=O)N[C@H](Cc2ccc(CNC(N)=O)cc2)C(=O)N[C@@H](CCCCN)C(=O)N[C@@H]([C@@H](C)O)C(=O)N1)C(N)=O. The van der Waals surface area contributed by atoms with Crippen LogP contribution in [0.4, 0.5) is 4.79 Å². The zero-order chi connectivity index (χ0) is 60.5. The van der Waals surface area contributed by atoms with E-state index < -0.39 is 108 Å². The van der Waals surface area contributed by atoms with Crippen molar-refractivity contribution in [1.29, 1.82) is 0 Å². The van der Waals surface area contributed by atoms with Gasteiger partial charge in [-0.2, -0.15) is 0 Å². The average Bonchev–Trinajstić information content (AvgIpc) is 3.62. The molecule has 0 unspecified atom stereocenters. The first-order valence-electron chi connectivity index (χ1n) is 26.1. The van der Waals surface area contributed by atoms with Gasteiger partial charge in [0.2, 0.25) is 47.3 Å². The zero-order valence-electron chi connectivity index (χ0n) is 45.4. The molecule has 9 atom stereocenters. The number of unbranched alkanes of at least 4 members (excludes halogenated alkanes) is 1. The van der Waals surface area contributed by atoms with Crippen molar-refractivity contribution in [3.05, 3.63) is 136 Å². The number of hydrogen-bond donors (Lipinski definition) is 15. The van der Waals surface area contributed by atoms with Gasteiger partial charge in [0.15, 0.2) is 0 Å². The van der Waals surface area contributed by atoms with E-state index in [4.69, 9.17) is 34.5 Å². The Balaban J connectivity index is 1.84. The fraction of sp³-hybridized carbons (Fsp3) is 0.400. The van der Waals surface area contributed by atoms with Crippen LogP contribution < -0.4 is 65.5 Å². The molecule has 1 fully saturated rings. The van der Waals surface area contributed by atoms with Gasteiger partial charge in [-0.05, 0) is 111 Å². The summed E-state index contributed by atoms with van der Waals surface area (Å²) in [6.07, 6.45) is 2.43. The van der Waals surface area contributed by atoms with Gasteiger partial charge >= 0.3 is 6.03 Å². The van der Waals surface area contributed by atoms with Crippen LogP contribution in [0.1, 0.15) is 61.8 Å². The Kier molecular flexibility index (Phi) is 27.7. The molecule has 0 aromatic heterocycles. The predicted octanol–water partition coefficient (Wildman–Crippen LogP) is 0.317. The number of phenolic OH excluding ortho intramolecular Hbond substituents is 1. The summed E-state index contributed by atoms with van der Waals surface area (Å²) in [7, 11) is 1.90. The van der Waals surface area contributed by atoms with Crippen LogP contribution >= 0.6 is 33.2 Å². The van der Waals surface area contributed by atoms with Gasteiger partial charge in [-0.3, -0.25) is 38.4 Å². The molecule has 1 aliphatic heterocycles. The lowest BCUT2D eigenvalue weighted by Crippen LogP contribution is -2.62. The molecule has 27 heteroatoms. The van der Waals surface area contributed by atoms with E-state index >= 15 is 0 Å². The molecule has 3 aromatic rings. The van der Waals surface area contributed by atoms with Crippen LogP contribution in [0.15, 0.2) is 109 Å². The highest BCUT2D eigenvalue weighted by molar-refractivity contribution is 8.76. The molecule has 0 spiro atoms. The lowest BCUT2D eigenvalue weighted by molar-refractivity contribution is -0.136. The standard InChI is InChI=1S/C55H73ClN12O12S2/c1-4-37(70)19-8-30(2)23-41(47(59)72)63-52(77)45-29-82-81-28-44(66-48(73)39(58)24-32-13-17-36(56)18-14-32)53(78)65-43(26-34-15-20-38(71)21-16-34)51(76)64-42(25-33-9-11-35(12-10-33)27-61-55(60)80)50(75)62-40(7-5-6-22-57)49(74)68-46(31(3)69)54(79)67-45/h4,8-21,31,39-46,69-71H,1,5-7,22-29,57-58H2,2-3H3,(H2,59,72)(H,62,75)(H,63,77)(H,64,76)(H,65,78)(H,66,73)(H,67,79)(H,68,74)(H3,60,61,80)/b30-8+,37-19+/t31-,39+,40+,41-,42-,43+,44-,45+,46+/m1/s1. The second kappa shape index (κ2) is 34.0. The average molecular weight is 1190 g/mol. The van der Waals surface area contributed by atoms with E-state index in [0.717, 1.165) is 21.6 Å². The Hall–Kier alpha value is -7.62. The highest BCUT2D eigenvalue weighted by Gasteiger charge is 2.36. The third kappa shape index (κ3) is 23.1. The molecule has 0 saturated carbocycles. The number of phenols is 1. The van der Waals surface area contributed by atoms with Crippen molar-refractivity contribution in [2.75, 3.05) is 18.1 Å². The molecular formula is C55H73ClN12O12S2. The lowest BCUT2D eigenvalue weighted by Gasteiger charge is -2.29. The quantitative estimate of drug-likeness (QED) is 0.0279. The highest BCUT2D eigenvalue weighted by Crippen LogP contribution is 2.24. The minimum absolute atomic E-state index is 0.0233. The number of carbonyl (C=O) groups excluding carboxylic acids is 9. The van der Waals surface area contributed by atoms with Gasteiger partial charge in [-0.15, -0.1) is 0 Å². The summed E-state index contributed by atoms with van der Waals surface area (Å²) in [5.74, 6) is -8.18. The molecule has 4 rings (SSSR count). The summed E-state index contributed by atoms with van der Waals surface area (Å²) in [6, 6.07) is 6.45. The fourth-order valence-electron chi connectivity index (χ4n) is 8.03. The molecule has 10 amide bonds. The monoisotopic (exact) mass is 1190 g/mol. The van der Waals surface area contributed by atoms with Crippen LogP contribution in [0.25, 0.3) is 0 Å². The summed E-state index contributed by atoms with van der Waals surface area (Å²) >= 11 is 6.08. The zero-order valence-corrected chi connectivity index (χ0v) is 47.8. The number of rotatable bonds is 22. The lowest BCUT2D eigenvalue weighted by atomic mass is 10.00. The fourth-order valence-corrected chi connectivity index (χ4v) is 10.5. The van der Waals surface area contributed by atoms with E-state index in [-0.39, 0.29) is 74.6 Å². The number of urea groups is 1. The maximum absolute atomic E-state index is 14.8. The van der Waals surface area contributed by atoms with Gasteiger partial charge in [0.05, 0.1) is 12.1 Å². The number of nitrogens with two attached hydrogens (primary N) is 4. The number of aliphatic hydroxyl groups is 2. The van der Waals surface area contributed by atoms with Crippen molar-refractivity contribution >= 4 is 86.5 Å². The number of carbonyl (C=O) groups is 9. The molecule has 0 radical (unpaired) electrons.